The maximum atomic E-state index is 13.5. The fourth-order valence-electron chi connectivity index (χ4n) is 8.22. The quantitative estimate of drug-likeness (QED) is 0.0205. The Morgan fingerprint density at radius 2 is 0.813 bits per heavy atom. The fourth-order valence-corrected chi connectivity index (χ4v) is 8.96. The van der Waals surface area contributed by atoms with Crippen LogP contribution in [0.5, 0.6) is 0 Å². The van der Waals surface area contributed by atoms with E-state index in [9.17, 15) is 19.0 Å². The van der Waals surface area contributed by atoms with Crippen LogP contribution in [0.2, 0.25) is 0 Å². The predicted octanol–water partition coefficient (Wildman–Crippen LogP) is 18.8. The Labute approximate surface area is 462 Å². The van der Waals surface area contributed by atoms with Crippen LogP contribution in [-0.2, 0) is 27.9 Å². The topological polar surface area (TPSA) is 111 Å². The largest absolute Gasteiger partial charge is 0.472 e. The zero-order valence-electron chi connectivity index (χ0n) is 49.3. The Balaban J connectivity index is 5.32. The summed E-state index contributed by atoms with van der Waals surface area (Å²) in [6, 6.07) is -0.873. The van der Waals surface area contributed by atoms with Crippen molar-refractivity contribution in [3.63, 3.8) is 0 Å². The van der Waals surface area contributed by atoms with E-state index in [1.54, 1.807) is 0 Å². The number of amides is 1. The van der Waals surface area contributed by atoms with Crippen LogP contribution in [0.3, 0.4) is 0 Å². The summed E-state index contributed by atoms with van der Waals surface area (Å²) in [7, 11) is 1.46. The first kappa shape index (κ1) is 71.9. The summed E-state index contributed by atoms with van der Waals surface area (Å²) in [5, 5.41) is 3.03. The third-order valence-corrected chi connectivity index (χ3v) is 14.0. The van der Waals surface area contributed by atoms with Crippen molar-refractivity contribution in [1.29, 1.82) is 0 Å². The lowest BCUT2D eigenvalue weighted by Gasteiger charge is -2.27. The lowest BCUT2D eigenvalue weighted by atomic mass is 10.1. The Hall–Kier alpha value is -3.07. The summed E-state index contributed by atoms with van der Waals surface area (Å²) in [6.45, 7) is 6.91. The van der Waals surface area contributed by atoms with Gasteiger partial charge in [0.1, 0.15) is 19.3 Å². The molecule has 3 atom stereocenters. The van der Waals surface area contributed by atoms with Crippen LogP contribution in [0.25, 0.3) is 0 Å². The zero-order chi connectivity index (χ0) is 55.0. The summed E-state index contributed by atoms with van der Waals surface area (Å²) in [5.74, 6) is -0.556. The minimum atomic E-state index is -4.46. The standard InChI is InChI=1S/C65H115N2O7P/c1-7-10-13-16-19-22-25-27-29-31-32-33-34-36-38-40-43-46-49-52-55-58-65(69)74-63(56-53-50-47-44-41-24-21-18-15-12-9-3)62(61-73-75(70,71)72-60-59-67(4,5)6)66-64(68)57-54-51-48-45-42-39-37-35-30-28-26-23-20-17-14-11-8-2/h19-20,22-23,27-30,32-33,36-39,53,56,62-63H,7-18,21,24-26,31,34-35,40-52,54-55,57-61H2,1-6H3,(H-,66,68,70,71)/p+1/b22-19-,23-20-,29-27-,30-28-,33-32-,38-36-,39-37-,56-53+. The summed E-state index contributed by atoms with van der Waals surface area (Å²) >= 11 is 0. The molecule has 0 aromatic rings. The second-order valence-electron chi connectivity index (χ2n) is 21.5. The molecule has 10 heteroatoms. The van der Waals surface area contributed by atoms with E-state index >= 15 is 0 Å². The minimum absolute atomic E-state index is 0.0276. The molecule has 2 N–H and O–H groups in total. The third-order valence-electron chi connectivity index (χ3n) is 13.0. The van der Waals surface area contributed by atoms with Crippen molar-refractivity contribution in [3.05, 3.63) is 97.2 Å². The SMILES string of the molecule is CCCCC/C=C\C/C=C\C/C=C\C/C=C\CCCCCCCC(=O)OC(/C=C/CCCCCCCCCCC)C(COP(=O)(O)OCC[N+](C)(C)C)NC(=O)CCCCCC/C=C\C/C=C\C/C=C\CCCCC. The van der Waals surface area contributed by atoms with Gasteiger partial charge in [0.25, 0.3) is 0 Å². The molecule has 0 saturated carbocycles. The summed E-state index contributed by atoms with van der Waals surface area (Å²) in [4.78, 5) is 37.7. The molecular formula is C65H116N2O7P+. The lowest BCUT2D eigenvalue weighted by Crippen LogP contribution is -2.47. The molecule has 0 aliphatic rings. The average molecular weight is 1070 g/mol. The lowest BCUT2D eigenvalue weighted by molar-refractivity contribution is -0.870. The highest BCUT2D eigenvalue weighted by molar-refractivity contribution is 7.47. The van der Waals surface area contributed by atoms with Gasteiger partial charge in [-0.1, -0.05) is 221 Å². The molecule has 0 aromatic heterocycles. The van der Waals surface area contributed by atoms with Crippen LogP contribution in [0, 0.1) is 0 Å². The van der Waals surface area contributed by atoms with Crippen LogP contribution in [-0.4, -0.2) is 74.3 Å². The third kappa shape index (κ3) is 55.5. The molecule has 75 heavy (non-hydrogen) atoms. The van der Waals surface area contributed by atoms with Gasteiger partial charge in [0.05, 0.1) is 33.8 Å². The maximum Gasteiger partial charge on any atom is 0.472 e. The van der Waals surface area contributed by atoms with Crippen LogP contribution in [0.15, 0.2) is 97.2 Å². The molecule has 0 radical (unpaired) electrons. The normalized spacial score (nSPS) is 14.4. The van der Waals surface area contributed by atoms with E-state index in [0.29, 0.717) is 30.3 Å². The van der Waals surface area contributed by atoms with E-state index in [-0.39, 0.29) is 31.5 Å². The molecule has 1 amide bonds. The van der Waals surface area contributed by atoms with Gasteiger partial charge >= 0.3 is 13.8 Å². The number of carbonyl (C=O) groups is 2. The van der Waals surface area contributed by atoms with Crippen molar-refractivity contribution in [2.45, 2.75) is 264 Å². The number of phosphoric ester groups is 1. The highest BCUT2D eigenvalue weighted by Gasteiger charge is 2.30. The summed E-state index contributed by atoms with van der Waals surface area (Å²) in [6.07, 6.45) is 72.6. The number of unbranched alkanes of at least 4 members (excludes halogenated alkanes) is 24. The fraction of sp³-hybridized carbons (Fsp3) is 0.723. The average Bonchev–Trinajstić information content (AvgIpc) is 3.37. The molecule has 0 saturated heterocycles. The molecule has 0 aliphatic heterocycles. The number of nitrogens with zero attached hydrogens (tertiary/aromatic N) is 1. The molecule has 0 fully saturated rings. The number of likely N-dealkylation sites (N-methyl/N-ethyl adjacent to an activating group) is 1. The summed E-state index contributed by atoms with van der Waals surface area (Å²) < 4.78 is 30.6. The molecule has 0 aromatic carbocycles. The second-order valence-corrected chi connectivity index (χ2v) is 23.0. The van der Waals surface area contributed by atoms with Crippen molar-refractivity contribution in [3.8, 4) is 0 Å². The number of hydrogen-bond acceptors (Lipinski definition) is 6. The van der Waals surface area contributed by atoms with E-state index in [2.05, 4.69) is 111 Å². The van der Waals surface area contributed by atoms with Gasteiger partial charge in [0.15, 0.2) is 0 Å². The number of rotatable bonds is 54. The first-order valence-corrected chi connectivity index (χ1v) is 32.1. The van der Waals surface area contributed by atoms with E-state index < -0.39 is 20.0 Å². The van der Waals surface area contributed by atoms with Crippen molar-refractivity contribution in [2.75, 3.05) is 40.9 Å². The molecule has 0 heterocycles. The number of phosphoric acid groups is 1. The van der Waals surface area contributed by atoms with Crippen molar-refractivity contribution in [2.24, 2.45) is 0 Å². The van der Waals surface area contributed by atoms with Gasteiger partial charge < -0.3 is 19.4 Å². The van der Waals surface area contributed by atoms with E-state index in [1.165, 1.54) is 96.3 Å². The van der Waals surface area contributed by atoms with Crippen LogP contribution >= 0.6 is 7.82 Å². The Bertz CT molecular complexity index is 1610. The Kier molecular flexibility index (Phi) is 52.1. The smallest absolute Gasteiger partial charge is 0.456 e. The van der Waals surface area contributed by atoms with Gasteiger partial charge in [0, 0.05) is 12.8 Å². The van der Waals surface area contributed by atoms with Gasteiger partial charge in [0.2, 0.25) is 5.91 Å². The molecule has 9 nitrogen and oxygen atoms in total. The number of carbonyl (C=O) groups excluding carboxylic acids is 2. The number of nitrogens with one attached hydrogen (secondary N) is 1. The van der Waals surface area contributed by atoms with Gasteiger partial charge in [-0.25, -0.2) is 4.57 Å². The molecule has 432 valence electrons. The first-order valence-electron chi connectivity index (χ1n) is 30.6. The molecule has 0 aliphatic carbocycles. The molecule has 0 bridgehead atoms. The van der Waals surface area contributed by atoms with E-state index in [1.807, 2.05) is 33.3 Å². The number of allylic oxidation sites excluding steroid dienone is 15. The van der Waals surface area contributed by atoms with Gasteiger partial charge in [-0.05, 0) is 115 Å². The first-order chi connectivity index (χ1) is 36.4. The Morgan fingerprint density at radius 1 is 0.467 bits per heavy atom. The highest BCUT2D eigenvalue weighted by atomic mass is 31.2. The van der Waals surface area contributed by atoms with Crippen molar-refractivity contribution >= 4 is 19.7 Å². The Morgan fingerprint density at radius 3 is 1.24 bits per heavy atom. The van der Waals surface area contributed by atoms with Crippen LogP contribution in [0.4, 0.5) is 0 Å². The monoisotopic (exact) mass is 1070 g/mol. The number of hydrogen-bond donors (Lipinski definition) is 2. The van der Waals surface area contributed by atoms with Crippen molar-refractivity contribution < 1.29 is 37.3 Å². The van der Waals surface area contributed by atoms with Gasteiger partial charge in [-0.2, -0.15) is 0 Å². The highest BCUT2D eigenvalue weighted by Crippen LogP contribution is 2.43. The van der Waals surface area contributed by atoms with Crippen LogP contribution in [0.1, 0.15) is 252 Å². The molecule has 0 spiro atoms. The minimum Gasteiger partial charge on any atom is -0.456 e. The van der Waals surface area contributed by atoms with Crippen molar-refractivity contribution in [1.82, 2.24) is 5.32 Å². The van der Waals surface area contributed by atoms with E-state index in [4.69, 9.17) is 13.8 Å². The van der Waals surface area contributed by atoms with Gasteiger partial charge in [-0.3, -0.25) is 18.6 Å². The number of quaternary nitrogens is 1. The zero-order valence-corrected chi connectivity index (χ0v) is 50.2. The maximum absolute atomic E-state index is 13.5. The summed E-state index contributed by atoms with van der Waals surface area (Å²) in [5.41, 5.74) is 0. The second kappa shape index (κ2) is 54.3. The number of esters is 1. The molecule has 0 rings (SSSR count). The molecular weight excluding hydrogens is 952 g/mol. The van der Waals surface area contributed by atoms with Crippen LogP contribution < -0.4 is 5.32 Å². The molecule has 3 unspecified atom stereocenters. The van der Waals surface area contributed by atoms with Gasteiger partial charge in [-0.15, -0.1) is 0 Å². The number of ether oxygens (including phenoxy) is 1. The predicted molar refractivity (Wildman–Crippen MR) is 323 cm³/mol. The van der Waals surface area contributed by atoms with E-state index in [0.717, 1.165) is 109 Å².